The molecule has 2 N–H and O–H groups in total. The van der Waals surface area contributed by atoms with Gasteiger partial charge in [0.15, 0.2) is 0 Å². The van der Waals surface area contributed by atoms with Gasteiger partial charge in [-0.05, 0) is 29.8 Å². The van der Waals surface area contributed by atoms with Crippen LogP contribution < -0.4 is 10.5 Å². The van der Waals surface area contributed by atoms with Crippen molar-refractivity contribution >= 4 is 23.3 Å². The minimum absolute atomic E-state index is 0.139. The number of likely N-dealkylation sites (tertiary alicyclic amines) is 1. The maximum Gasteiger partial charge on any atom is 0.264 e. The number of rotatable bonds is 4. The fourth-order valence-electron chi connectivity index (χ4n) is 5.93. The van der Waals surface area contributed by atoms with Crippen molar-refractivity contribution in [3.8, 4) is 0 Å². The number of carbonyl (C=O) groups excluding carboxylic acids is 1. The van der Waals surface area contributed by atoms with Gasteiger partial charge in [-0.15, -0.1) is 0 Å². The Morgan fingerprint density at radius 3 is 2.37 bits per heavy atom. The molecule has 0 radical (unpaired) electrons. The molecule has 2 aliphatic rings. The van der Waals surface area contributed by atoms with Gasteiger partial charge in [0.1, 0.15) is 17.5 Å². The van der Waals surface area contributed by atoms with Crippen LogP contribution in [0.25, 0.3) is 0 Å². The zero-order valence-electron chi connectivity index (χ0n) is 20.9. The molecule has 200 valence electrons. The number of aromatic nitrogens is 3. The lowest BCUT2D eigenvalue weighted by atomic mass is 9.70. The first-order chi connectivity index (χ1) is 18.1. The van der Waals surface area contributed by atoms with Crippen LogP contribution in [0.1, 0.15) is 31.0 Å². The zero-order chi connectivity index (χ0) is 27.2. The van der Waals surface area contributed by atoms with Crippen molar-refractivity contribution in [3.63, 3.8) is 0 Å². The largest absolute Gasteiger partial charge is 0.384 e. The van der Waals surface area contributed by atoms with E-state index in [4.69, 9.17) is 11.6 Å². The number of aliphatic hydroxyl groups is 1. The van der Waals surface area contributed by atoms with Crippen LogP contribution in [-0.4, -0.2) is 57.3 Å². The standard InChI is InChI=1S/C27H28ClF2N5O3/c1-15-11-35(12-16(2)27(15,38)17-3-5-19(29)6-4-17)26(37)21-14-34(23-7-8-24(36)33-32-23)13-20(21)25-22(30)9-18(28)10-31-25/h3-10,15-16,20-21,38H,11-14H2,1-2H3,(H,33,36)/t15-,16+,20-,21-,27+/m1/s1. The summed E-state index contributed by atoms with van der Waals surface area (Å²) in [4.78, 5) is 33.3. The van der Waals surface area contributed by atoms with Gasteiger partial charge in [0.05, 0.1) is 22.2 Å². The molecule has 0 unspecified atom stereocenters. The van der Waals surface area contributed by atoms with Crippen molar-refractivity contribution in [2.45, 2.75) is 25.4 Å². The number of nitrogens with one attached hydrogen (secondary N) is 1. The van der Waals surface area contributed by atoms with E-state index in [-0.39, 0.29) is 66.0 Å². The highest BCUT2D eigenvalue weighted by molar-refractivity contribution is 6.30. The molecule has 0 saturated carbocycles. The highest BCUT2D eigenvalue weighted by atomic mass is 35.5. The Morgan fingerprint density at radius 2 is 1.76 bits per heavy atom. The van der Waals surface area contributed by atoms with Crippen LogP contribution in [0.4, 0.5) is 14.6 Å². The fourth-order valence-corrected chi connectivity index (χ4v) is 6.07. The lowest BCUT2D eigenvalue weighted by molar-refractivity contribution is -0.152. The van der Waals surface area contributed by atoms with Crippen LogP contribution in [0.3, 0.4) is 0 Å². The molecule has 2 saturated heterocycles. The van der Waals surface area contributed by atoms with Crippen molar-refractivity contribution in [2.24, 2.45) is 17.8 Å². The molecule has 1 amide bonds. The van der Waals surface area contributed by atoms with E-state index in [0.717, 1.165) is 0 Å². The quantitative estimate of drug-likeness (QED) is 0.523. The van der Waals surface area contributed by atoms with Crippen LogP contribution >= 0.6 is 11.6 Å². The van der Waals surface area contributed by atoms with Crippen LogP contribution in [0, 0.1) is 29.4 Å². The Morgan fingerprint density at radius 1 is 1.08 bits per heavy atom. The number of H-pyrrole nitrogens is 1. The number of benzene rings is 1. The summed E-state index contributed by atoms with van der Waals surface area (Å²) >= 11 is 5.93. The van der Waals surface area contributed by atoms with Gasteiger partial charge in [-0.2, -0.15) is 5.10 Å². The Kier molecular flexibility index (Phi) is 6.96. The van der Waals surface area contributed by atoms with E-state index in [0.29, 0.717) is 11.4 Å². The highest BCUT2D eigenvalue weighted by Gasteiger charge is 2.49. The third-order valence-electron chi connectivity index (χ3n) is 7.92. The molecule has 2 fully saturated rings. The van der Waals surface area contributed by atoms with Crippen molar-refractivity contribution in [1.29, 1.82) is 0 Å². The normalized spacial score (nSPS) is 27.5. The first-order valence-electron chi connectivity index (χ1n) is 12.5. The van der Waals surface area contributed by atoms with Gasteiger partial charge in [0, 0.05) is 56.2 Å². The summed E-state index contributed by atoms with van der Waals surface area (Å²) in [6, 6.07) is 9.88. The molecule has 0 bridgehead atoms. The molecule has 8 nitrogen and oxygen atoms in total. The second-order valence-corrected chi connectivity index (χ2v) is 10.7. The molecule has 2 aromatic heterocycles. The Labute approximate surface area is 223 Å². The lowest BCUT2D eigenvalue weighted by Gasteiger charge is -2.48. The Balaban J connectivity index is 1.43. The van der Waals surface area contributed by atoms with Gasteiger partial charge < -0.3 is 14.9 Å². The Bertz CT molecular complexity index is 1370. The second kappa shape index (κ2) is 10.1. The topological polar surface area (TPSA) is 102 Å². The summed E-state index contributed by atoms with van der Waals surface area (Å²) in [5.74, 6) is -2.63. The van der Waals surface area contributed by atoms with E-state index >= 15 is 0 Å². The van der Waals surface area contributed by atoms with E-state index < -0.39 is 23.3 Å². The number of hydrogen-bond acceptors (Lipinski definition) is 6. The SMILES string of the molecule is C[C@@H]1CN(C(=O)[C@@H]2CN(c3ccc(=O)[nH]n3)C[C@H]2c2ncc(Cl)cc2F)C[C@H](C)[C@]1(O)c1ccc(F)cc1. The minimum Gasteiger partial charge on any atom is -0.384 e. The smallest absolute Gasteiger partial charge is 0.264 e. The average molecular weight is 544 g/mol. The van der Waals surface area contributed by atoms with E-state index in [2.05, 4.69) is 15.2 Å². The van der Waals surface area contributed by atoms with E-state index in [1.54, 1.807) is 23.1 Å². The van der Waals surface area contributed by atoms with Crippen molar-refractivity contribution in [1.82, 2.24) is 20.1 Å². The van der Waals surface area contributed by atoms with Crippen molar-refractivity contribution in [3.05, 3.63) is 86.9 Å². The van der Waals surface area contributed by atoms with E-state index in [1.807, 2.05) is 18.7 Å². The predicted octanol–water partition coefficient (Wildman–Crippen LogP) is 3.32. The third kappa shape index (κ3) is 4.67. The third-order valence-corrected chi connectivity index (χ3v) is 8.13. The van der Waals surface area contributed by atoms with Crippen LogP contribution in [0.2, 0.25) is 5.02 Å². The van der Waals surface area contributed by atoms with E-state index in [1.165, 1.54) is 30.5 Å². The summed E-state index contributed by atoms with van der Waals surface area (Å²) in [5, 5.41) is 18.3. The first kappa shape index (κ1) is 26.2. The van der Waals surface area contributed by atoms with E-state index in [9.17, 15) is 23.5 Å². The number of aromatic amines is 1. The summed E-state index contributed by atoms with van der Waals surface area (Å²) in [5.41, 5.74) is -0.851. The van der Waals surface area contributed by atoms with Crippen molar-refractivity contribution < 1.29 is 18.7 Å². The molecule has 3 aromatic rings. The number of hydrogen-bond donors (Lipinski definition) is 2. The van der Waals surface area contributed by atoms with Crippen LogP contribution in [0.5, 0.6) is 0 Å². The minimum atomic E-state index is -1.24. The molecular formula is C27H28ClF2N5O3. The zero-order valence-corrected chi connectivity index (χ0v) is 21.7. The number of anilines is 1. The molecular weight excluding hydrogens is 516 g/mol. The molecule has 38 heavy (non-hydrogen) atoms. The fraction of sp³-hybridized carbons (Fsp3) is 0.407. The molecule has 5 atom stereocenters. The molecule has 2 aliphatic heterocycles. The first-order valence-corrected chi connectivity index (χ1v) is 12.8. The van der Waals surface area contributed by atoms with Gasteiger partial charge in [-0.3, -0.25) is 14.6 Å². The summed E-state index contributed by atoms with van der Waals surface area (Å²) in [6.07, 6.45) is 1.36. The number of pyridine rings is 1. The molecule has 1 aromatic carbocycles. The highest BCUT2D eigenvalue weighted by Crippen LogP contribution is 2.43. The lowest BCUT2D eigenvalue weighted by Crippen LogP contribution is -2.57. The van der Waals surface area contributed by atoms with Crippen LogP contribution in [0.15, 0.2) is 53.5 Å². The number of amides is 1. The molecule has 5 rings (SSSR count). The number of piperidine rings is 1. The summed E-state index contributed by atoms with van der Waals surface area (Å²) < 4.78 is 28.5. The van der Waals surface area contributed by atoms with Gasteiger partial charge >= 0.3 is 0 Å². The monoisotopic (exact) mass is 543 g/mol. The Hall–Kier alpha value is -3.37. The maximum atomic E-state index is 15.0. The van der Waals surface area contributed by atoms with Gasteiger partial charge in [0.2, 0.25) is 5.91 Å². The average Bonchev–Trinajstić information content (AvgIpc) is 3.32. The van der Waals surface area contributed by atoms with Gasteiger partial charge in [-0.25, -0.2) is 13.9 Å². The predicted molar refractivity (Wildman–Crippen MR) is 138 cm³/mol. The molecule has 0 spiro atoms. The van der Waals surface area contributed by atoms with Gasteiger partial charge in [-0.1, -0.05) is 37.6 Å². The second-order valence-electron chi connectivity index (χ2n) is 10.3. The van der Waals surface area contributed by atoms with Gasteiger partial charge in [0.25, 0.3) is 5.56 Å². The maximum absolute atomic E-state index is 15.0. The molecule has 0 aliphatic carbocycles. The number of carbonyl (C=O) groups is 1. The summed E-state index contributed by atoms with van der Waals surface area (Å²) in [7, 11) is 0. The summed E-state index contributed by atoms with van der Waals surface area (Å²) in [6.45, 7) is 4.78. The van der Waals surface area contributed by atoms with Crippen molar-refractivity contribution in [2.75, 3.05) is 31.1 Å². The molecule has 4 heterocycles. The number of halogens is 3. The number of nitrogens with zero attached hydrogens (tertiary/aromatic N) is 4. The van der Waals surface area contributed by atoms with Crippen LogP contribution in [-0.2, 0) is 10.4 Å². The molecule has 11 heteroatoms.